The maximum Gasteiger partial charge on any atom is 0.407 e. The first-order valence-electron chi connectivity index (χ1n) is 3.94. The van der Waals surface area contributed by atoms with E-state index in [4.69, 9.17) is 5.11 Å². The molecule has 1 saturated heterocycles. The van der Waals surface area contributed by atoms with Crippen LogP contribution in [0.25, 0.3) is 0 Å². The zero-order valence-corrected chi connectivity index (χ0v) is 6.91. The predicted octanol–water partition coefficient (Wildman–Crippen LogP) is 0.756. The molecule has 1 amide bonds. The van der Waals surface area contributed by atoms with Crippen molar-refractivity contribution in [2.24, 2.45) is 0 Å². The van der Waals surface area contributed by atoms with Gasteiger partial charge in [0.1, 0.15) is 5.60 Å². The minimum atomic E-state index is -2.80. The van der Waals surface area contributed by atoms with Gasteiger partial charge in [-0.3, -0.25) is 0 Å². The molecule has 1 aliphatic heterocycles. The molecule has 0 aromatic rings. The average molecular weight is 195 g/mol. The summed E-state index contributed by atoms with van der Waals surface area (Å²) in [5, 5.41) is 17.8. The van der Waals surface area contributed by atoms with Gasteiger partial charge in [-0.2, -0.15) is 0 Å². The Hall–Kier alpha value is -0.910. The number of carbonyl (C=O) groups is 1. The van der Waals surface area contributed by atoms with Crippen LogP contribution in [0.15, 0.2) is 0 Å². The van der Waals surface area contributed by atoms with Gasteiger partial charge in [-0.25, -0.2) is 13.6 Å². The lowest BCUT2D eigenvalue weighted by Gasteiger charge is -2.36. The summed E-state index contributed by atoms with van der Waals surface area (Å²) in [6.45, 7) is -0.0631. The van der Waals surface area contributed by atoms with Gasteiger partial charge in [0.15, 0.2) is 0 Å². The zero-order chi connectivity index (χ0) is 10.1. The van der Waals surface area contributed by atoms with E-state index in [9.17, 15) is 18.7 Å². The van der Waals surface area contributed by atoms with E-state index in [1.807, 2.05) is 0 Å². The maximum absolute atomic E-state index is 12.2. The van der Waals surface area contributed by atoms with Crippen molar-refractivity contribution < 1.29 is 23.8 Å². The van der Waals surface area contributed by atoms with Crippen molar-refractivity contribution in [3.8, 4) is 0 Å². The normalized spacial score (nSPS) is 22.0. The van der Waals surface area contributed by atoms with Gasteiger partial charge >= 0.3 is 6.09 Å². The van der Waals surface area contributed by atoms with E-state index in [0.717, 1.165) is 4.90 Å². The second-order valence-electron chi connectivity index (χ2n) is 3.17. The van der Waals surface area contributed by atoms with Gasteiger partial charge < -0.3 is 15.1 Å². The van der Waals surface area contributed by atoms with Gasteiger partial charge in [-0.1, -0.05) is 0 Å². The molecule has 6 heteroatoms. The number of hydrogen-bond donors (Lipinski definition) is 2. The fraction of sp³-hybridized carbons (Fsp3) is 0.857. The first kappa shape index (κ1) is 10.2. The molecule has 0 bridgehead atoms. The first-order chi connectivity index (χ1) is 5.96. The lowest BCUT2D eigenvalue weighted by molar-refractivity contribution is -0.123. The largest absolute Gasteiger partial charge is 0.465 e. The van der Waals surface area contributed by atoms with Crippen molar-refractivity contribution in [2.45, 2.75) is 24.9 Å². The van der Waals surface area contributed by atoms with Crippen LogP contribution < -0.4 is 0 Å². The van der Waals surface area contributed by atoms with E-state index >= 15 is 0 Å². The molecule has 0 radical (unpaired) electrons. The summed E-state index contributed by atoms with van der Waals surface area (Å²) in [5.41, 5.74) is -1.99. The molecule has 0 unspecified atom stereocenters. The number of likely N-dealkylation sites (tertiary alicyclic amines) is 1. The molecule has 0 aromatic carbocycles. The maximum atomic E-state index is 12.2. The summed E-state index contributed by atoms with van der Waals surface area (Å²) in [7, 11) is 0. The molecular formula is C7H11F2NO3. The fourth-order valence-electron chi connectivity index (χ4n) is 1.30. The van der Waals surface area contributed by atoms with Crippen molar-refractivity contribution in [2.75, 3.05) is 13.1 Å². The molecule has 2 N–H and O–H groups in total. The monoisotopic (exact) mass is 195 g/mol. The lowest BCUT2D eigenvalue weighted by atomic mass is 9.92. The molecule has 1 rings (SSSR count). The number of amides is 1. The Morgan fingerprint density at radius 2 is 1.85 bits per heavy atom. The number of rotatable bonds is 1. The van der Waals surface area contributed by atoms with E-state index in [0.29, 0.717) is 0 Å². The number of piperidine rings is 1. The summed E-state index contributed by atoms with van der Waals surface area (Å²) >= 11 is 0. The highest BCUT2D eigenvalue weighted by Gasteiger charge is 2.41. The van der Waals surface area contributed by atoms with Crippen LogP contribution in [0.3, 0.4) is 0 Å². The Morgan fingerprint density at radius 3 is 2.15 bits per heavy atom. The lowest BCUT2D eigenvalue weighted by Crippen LogP contribution is -2.50. The van der Waals surface area contributed by atoms with Crippen molar-refractivity contribution in [1.29, 1.82) is 0 Å². The molecule has 4 nitrogen and oxygen atoms in total. The van der Waals surface area contributed by atoms with Crippen LogP contribution in [0.2, 0.25) is 0 Å². The van der Waals surface area contributed by atoms with Crippen LogP contribution in [0.5, 0.6) is 0 Å². The Bertz CT molecular complexity index is 202. The minimum Gasteiger partial charge on any atom is -0.465 e. The highest BCUT2D eigenvalue weighted by molar-refractivity contribution is 5.65. The van der Waals surface area contributed by atoms with Crippen LogP contribution >= 0.6 is 0 Å². The van der Waals surface area contributed by atoms with E-state index in [1.54, 1.807) is 0 Å². The van der Waals surface area contributed by atoms with Crippen LogP contribution in [0.1, 0.15) is 12.8 Å². The third-order valence-electron chi connectivity index (χ3n) is 2.31. The number of aliphatic hydroxyl groups is 1. The van der Waals surface area contributed by atoms with E-state index in [1.165, 1.54) is 0 Å². The predicted molar refractivity (Wildman–Crippen MR) is 39.8 cm³/mol. The summed E-state index contributed by atoms with van der Waals surface area (Å²) in [4.78, 5) is 11.4. The third-order valence-corrected chi connectivity index (χ3v) is 2.31. The number of nitrogens with zero attached hydrogens (tertiary/aromatic N) is 1. The van der Waals surface area contributed by atoms with Crippen molar-refractivity contribution >= 4 is 6.09 Å². The molecule has 76 valence electrons. The topological polar surface area (TPSA) is 60.8 Å². The van der Waals surface area contributed by atoms with Gasteiger partial charge in [0.05, 0.1) is 0 Å². The standard InChI is InChI=1S/C7H11F2NO3/c8-5(9)7(13)1-3-10(4-2-7)6(11)12/h5,13H,1-4H2,(H,11,12). The molecule has 0 aliphatic carbocycles. The number of alkyl halides is 2. The van der Waals surface area contributed by atoms with Gasteiger partial charge in [0, 0.05) is 13.1 Å². The van der Waals surface area contributed by atoms with Gasteiger partial charge in [0.25, 0.3) is 6.43 Å². The second-order valence-corrected chi connectivity index (χ2v) is 3.17. The molecular weight excluding hydrogens is 184 g/mol. The van der Waals surface area contributed by atoms with E-state index in [2.05, 4.69) is 0 Å². The van der Waals surface area contributed by atoms with E-state index < -0.39 is 18.1 Å². The van der Waals surface area contributed by atoms with Gasteiger partial charge in [-0.05, 0) is 12.8 Å². The molecule has 0 saturated carbocycles. The Balaban J connectivity index is 2.51. The molecule has 1 fully saturated rings. The number of halogens is 2. The molecule has 0 spiro atoms. The van der Waals surface area contributed by atoms with Crippen LogP contribution in [-0.4, -0.2) is 46.3 Å². The van der Waals surface area contributed by atoms with E-state index in [-0.39, 0.29) is 25.9 Å². The van der Waals surface area contributed by atoms with Crippen molar-refractivity contribution in [3.05, 3.63) is 0 Å². The summed E-state index contributed by atoms with van der Waals surface area (Å²) < 4.78 is 24.4. The third kappa shape index (κ3) is 2.06. The van der Waals surface area contributed by atoms with Crippen LogP contribution in [0.4, 0.5) is 13.6 Å². The fourth-order valence-corrected chi connectivity index (χ4v) is 1.30. The molecule has 1 aliphatic rings. The SMILES string of the molecule is O=C(O)N1CCC(O)(C(F)F)CC1. The minimum absolute atomic E-state index is 0.0316. The molecule has 13 heavy (non-hydrogen) atoms. The number of hydrogen-bond acceptors (Lipinski definition) is 2. The smallest absolute Gasteiger partial charge is 0.407 e. The number of carboxylic acid groups (broad SMARTS) is 1. The quantitative estimate of drug-likeness (QED) is 0.649. The van der Waals surface area contributed by atoms with Crippen molar-refractivity contribution in [3.63, 3.8) is 0 Å². The zero-order valence-electron chi connectivity index (χ0n) is 6.91. The van der Waals surface area contributed by atoms with Gasteiger partial charge in [-0.15, -0.1) is 0 Å². The van der Waals surface area contributed by atoms with Crippen LogP contribution in [0, 0.1) is 0 Å². The Labute approximate surface area is 73.8 Å². The second kappa shape index (κ2) is 3.45. The van der Waals surface area contributed by atoms with Crippen molar-refractivity contribution in [1.82, 2.24) is 4.90 Å². The van der Waals surface area contributed by atoms with Gasteiger partial charge in [0.2, 0.25) is 0 Å². The summed E-state index contributed by atoms with van der Waals surface area (Å²) in [5.74, 6) is 0. The molecule has 0 aromatic heterocycles. The summed E-state index contributed by atoms with van der Waals surface area (Å²) in [6.07, 6.45) is -4.33. The Morgan fingerprint density at radius 1 is 1.38 bits per heavy atom. The first-order valence-corrected chi connectivity index (χ1v) is 3.94. The van der Waals surface area contributed by atoms with Crippen LogP contribution in [-0.2, 0) is 0 Å². The molecule has 0 atom stereocenters. The highest BCUT2D eigenvalue weighted by atomic mass is 19.3. The Kier molecular flexibility index (Phi) is 2.70. The average Bonchev–Trinajstić information content (AvgIpc) is 2.04. The highest BCUT2D eigenvalue weighted by Crippen LogP contribution is 2.28. The summed E-state index contributed by atoms with van der Waals surface area (Å²) in [6, 6.07) is 0. The molecule has 1 heterocycles.